The lowest BCUT2D eigenvalue weighted by Gasteiger charge is -2.36. The van der Waals surface area contributed by atoms with Gasteiger partial charge in [-0.05, 0) is 48.9 Å². The molecular formula is C11H15NO. The second-order valence-electron chi connectivity index (χ2n) is 3.77. The molecule has 3 N–H and O–H groups in total. The standard InChI is InChI=1S/C11H15NO/c12-7-9-3-6-11(9)8-1-4-10(13)5-2-8/h1-2,4-5,9,11,13H,3,6-7,12H2. The van der Waals surface area contributed by atoms with Crippen molar-refractivity contribution < 1.29 is 5.11 Å². The van der Waals surface area contributed by atoms with E-state index in [9.17, 15) is 0 Å². The van der Waals surface area contributed by atoms with Gasteiger partial charge in [-0.1, -0.05) is 12.1 Å². The van der Waals surface area contributed by atoms with Crippen molar-refractivity contribution in [2.45, 2.75) is 18.8 Å². The van der Waals surface area contributed by atoms with Crippen molar-refractivity contribution in [3.8, 4) is 5.75 Å². The van der Waals surface area contributed by atoms with Gasteiger partial charge in [0.1, 0.15) is 5.75 Å². The topological polar surface area (TPSA) is 46.2 Å². The SMILES string of the molecule is NCC1CCC1c1ccc(O)cc1. The third-order valence-corrected chi connectivity index (χ3v) is 3.04. The molecule has 1 aliphatic carbocycles. The number of phenolic OH excluding ortho intramolecular Hbond substituents is 1. The molecule has 0 aliphatic heterocycles. The summed E-state index contributed by atoms with van der Waals surface area (Å²) in [5.74, 6) is 1.63. The minimum Gasteiger partial charge on any atom is -0.508 e. The second kappa shape index (κ2) is 3.38. The maximum atomic E-state index is 9.13. The van der Waals surface area contributed by atoms with Crippen LogP contribution in [0, 0.1) is 5.92 Å². The van der Waals surface area contributed by atoms with Crippen molar-refractivity contribution in [3.05, 3.63) is 29.8 Å². The van der Waals surface area contributed by atoms with E-state index in [1.807, 2.05) is 12.1 Å². The van der Waals surface area contributed by atoms with Gasteiger partial charge in [-0.25, -0.2) is 0 Å². The van der Waals surface area contributed by atoms with Crippen molar-refractivity contribution in [3.63, 3.8) is 0 Å². The first-order chi connectivity index (χ1) is 6.31. The van der Waals surface area contributed by atoms with Crippen LogP contribution in [0.25, 0.3) is 0 Å². The minimum atomic E-state index is 0.340. The molecule has 1 saturated carbocycles. The van der Waals surface area contributed by atoms with Gasteiger partial charge in [0.25, 0.3) is 0 Å². The Bertz CT molecular complexity index is 279. The molecule has 0 amide bonds. The average molecular weight is 177 g/mol. The molecule has 2 rings (SSSR count). The third kappa shape index (κ3) is 1.54. The third-order valence-electron chi connectivity index (χ3n) is 3.04. The van der Waals surface area contributed by atoms with E-state index in [0.717, 1.165) is 6.54 Å². The molecule has 2 atom stereocenters. The summed E-state index contributed by atoms with van der Waals surface area (Å²) in [6, 6.07) is 7.51. The molecule has 0 radical (unpaired) electrons. The van der Waals surface area contributed by atoms with Crippen LogP contribution in [0.4, 0.5) is 0 Å². The zero-order valence-corrected chi connectivity index (χ0v) is 7.61. The Hall–Kier alpha value is -1.02. The normalized spacial score (nSPS) is 26.8. The maximum absolute atomic E-state index is 9.13. The van der Waals surface area contributed by atoms with Gasteiger partial charge < -0.3 is 10.8 Å². The van der Waals surface area contributed by atoms with Crippen LogP contribution in [0.15, 0.2) is 24.3 Å². The van der Waals surface area contributed by atoms with E-state index in [0.29, 0.717) is 17.6 Å². The number of phenols is 1. The van der Waals surface area contributed by atoms with Crippen molar-refractivity contribution in [2.75, 3.05) is 6.54 Å². The summed E-state index contributed by atoms with van der Waals surface area (Å²) in [5, 5.41) is 9.13. The second-order valence-corrected chi connectivity index (χ2v) is 3.77. The van der Waals surface area contributed by atoms with E-state index in [4.69, 9.17) is 10.8 Å². The van der Waals surface area contributed by atoms with Crippen molar-refractivity contribution >= 4 is 0 Å². The minimum absolute atomic E-state index is 0.340. The zero-order valence-electron chi connectivity index (χ0n) is 7.61. The van der Waals surface area contributed by atoms with Crippen LogP contribution in [0.5, 0.6) is 5.75 Å². The van der Waals surface area contributed by atoms with Crippen molar-refractivity contribution in [1.82, 2.24) is 0 Å². The molecule has 0 spiro atoms. The smallest absolute Gasteiger partial charge is 0.115 e. The largest absolute Gasteiger partial charge is 0.508 e. The van der Waals surface area contributed by atoms with E-state index in [-0.39, 0.29) is 0 Å². The zero-order chi connectivity index (χ0) is 9.26. The molecule has 1 aromatic rings. The monoisotopic (exact) mass is 177 g/mol. The van der Waals surface area contributed by atoms with Crippen LogP contribution in [-0.2, 0) is 0 Å². The lowest BCUT2D eigenvalue weighted by Crippen LogP contribution is -2.30. The molecule has 0 heterocycles. The number of rotatable bonds is 2. The number of benzene rings is 1. The van der Waals surface area contributed by atoms with Crippen molar-refractivity contribution in [1.29, 1.82) is 0 Å². The van der Waals surface area contributed by atoms with Gasteiger partial charge in [0, 0.05) is 0 Å². The molecule has 2 nitrogen and oxygen atoms in total. The van der Waals surface area contributed by atoms with Crippen LogP contribution < -0.4 is 5.73 Å². The lowest BCUT2D eigenvalue weighted by atomic mass is 9.70. The summed E-state index contributed by atoms with van der Waals surface area (Å²) < 4.78 is 0. The van der Waals surface area contributed by atoms with Gasteiger partial charge in [-0.15, -0.1) is 0 Å². The fraction of sp³-hybridized carbons (Fsp3) is 0.455. The molecule has 13 heavy (non-hydrogen) atoms. The molecule has 0 saturated heterocycles. The lowest BCUT2D eigenvalue weighted by molar-refractivity contribution is 0.263. The summed E-state index contributed by atoms with van der Waals surface area (Å²) in [5.41, 5.74) is 6.96. The highest BCUT2D eigenvalue weighted by molar-refractivity contribution is 5.29. The Labute approximate surface area is 78.4 Å². The van der Waals surface area contributed by atoms with E-state index >= 15 is 0 Å². The van der Waals surface area contributed by atoms with Gasteiger partial charge in [0.15, 0.2) is 0 Å². The van der Waals surface area contributed by atoms with Gasteiger partial charge >= 0.3 is 0 Å². The van der Waals surface area contributed by atoms with Gasteiger partial charge in [-0.2, -0.15) is 0 Å². The molecule has 2 unspecified atom stereocenters. The van der Waals surface area contributed by atoms with Gasteiger partial charge in [0.2, 0.25) is 0 Å². The Balaban J connectivity index is 2.12. The van der Waals surface area contributed by atoms with E-state index < -0.39 is 0 Å². The Morgan fingerprint density at radius 2 is 1.92 bits per heavy atom. The highest BCUT2D eigenvalue weighted by Crippen LogP contribution is 2.41. The summed E-state index contributed by atoms with van der Waals surface area (Å²) >= 11 is 0. The van der Waals surface area contributed by atoms with E-state index in [1.54, 1.807) is 12.1 Å². The molecule has 2 heteroatoms. The molecule has 70 valence electrons. The quantitative estimate of drug-likeness (QED) is 0.724. The van der Waals surface area contributed by atoms with Gasteiger partial charge in [0.05, 0.1) is 0 Å². The van der Waals surface area contributed by atoms with E-state index in [2.05, 4.69) is 0 Å². The summed E-state index contributed by atoms with van der Waals surface area (Å²) in [7, 11) is 0. The maximum Gasteiger partial charge on any atom is 0.115 e. The predicted molar refractivity (Wildman–Crippen MR) is 52.6 cm³/mol. The molecule has 1 fully saturated rings. The van der Waals surface area contributed by atoms with Crippen LogP contribution in [-0.4, -0.2) is 11.7 Å². The highest BCUT2D eigenvalue weighted by atomic mass is 16.3. The molecule has 0 aromatic heterocycles. The van der Waals surface area contributed by atoms with Gasteiger partial charge in [-0.3, -0.25) is 0 Å². The fourth-order valence-corrected chi connectivity index (χ4v) is 2.01. The fourth-order valence-electron chi connectivity index (χ4n) is 2.01. The number of nitrogens with two attached hydrogens (primary N) is 1. The summed E-state index contributed by atoms with van der Waals surface area (Å²) in [6.07, 6.45) is 2.49. The Kier molecular flexibility index (Phi) is 2.23. The first-order valence-corrected chi connectivity index (χ1v) is 4.80. The predicted octanol–water partition coefficient (Wildman–Crippen LogP) is 1.84. The number of hydrogen-bond donors (Lipinski definition) is 2. The Morgan fingerprint density at radius 3 is 2.38 bits per heavy atom. The Morgan fingerprint density at radius 1 is 1.23 bits per heavy atom. The molecule has 0 bridgehead atoms. The first-order valence-electron chi connectivity index (χ1n) is 4.80. The van der Waals surface area contributed by atoms with Crippen LogP contribution in [0.2, 0.25) is 0 Å². The molecule has 1 aromatic carbocycles. The number of aromatic hydroxyl groups is 1. The molecular weight excluding hydrogens is 162 g/mol. The van der Waals surface area contributed by atoms with E-state index in [1.165, 1.54) is 18.4 Å². The highest BCUT2D eigenvalue weighted by Gasteiger charge is 2.30. The van der Waals surface area contributed by atoms with Crippen molar-refractivity contribution in [2.24, 2.45) is 11.7 Å². The van der Waals surface area contributed by atoms with Crippen LogP contribution in [0.1, 0.15) is 24.3 Å². The average Bonchev–Trinajstić information content (AvgIpc) is 2.08. The summed E-state index contributed by atoms with van der Waals surface area (Å²) in [4.78, 5) is 0. The van der Waals surface area contributed by atoms with Crippen LogP contribution >= 0.6 is 0 Å². The molecule has 1 aliphatic rings. The van der Waals surface area contributed by atoms with Crippen LogP contribution in [0.3, 0.4) is 0 Å². The number of hydrogen-bond acceptors (Lipinski definition) is 2. The first kappa shape index (κ1) is 8.57. The summed E-state index contributed by atoms with van der Waals surface area (Å²) in [6.45, 7) is 0.783.